The molecule has 7 heteroatoms. The molecule has 0 radical (unpaired) electrons. The Balaban J connectivity index is 1.51. The second kappa shape index (κ2) is 11.9. The fourth-order valence-electron chi connectivity index (χ4n) is 4.56. The van der Waals surface area contributed by atoms with Gasteiger partial charge in [-0.25, -0.2) is 4.79 Å². The largest absolute Gasteiger partial charge is 0.351 e. The molecule has 32 heavy (non-hydrogen) atoms. The molecule has 1 aromatic rings. The van der Waals surface area contributed by atoms with Crippen LogP contribution in [0.15, 0.2) is 30.3 Å². The van der Waals surface area contributed by atoms with Crippen LogP contribution in [0.25, 0.3) is 0 Å². The standard InChI is InChI=1S/C25H38N4O3/c1-18(2)17-22(30)28-23(19-9-5-3-6-10-19)24(31)26-21-13-15-29(16-14-21)25(32)27-20-11-7-4-8-12-20/h3,5-6,9-10,18,20-21,23H,4,7-8,11-17H2,1-2H3,(H,26,31)(H,27,32)(H,28,30). The van der Waals surface area contributed by atoms with Gasteiger partial charge in [0.2, 0.25) is 11.8 Å². The van der Waals surface area contributed by atoms with Crippen molar-refractivity contribution in [3.8, 4) is 0 Å². The molecule has 0 spiro atoms. The fourth-order valence-corrected chi connectivity index (χ4v) is 4.56. The highest BCUT2D eigenvalue weighted by Gasteiger charge is 2.29. The quantitative estimate of drug-likeness (QED) is 0.604. The minimum atomic E-state index is -0.713. The second-order valence-electron chi connectivity index (χ2n) is 9.56. The number of likely N-dealkylation sites (tertiary alicyclic amines) is 1. The van der Waals surface area contributed by atoms with Gasteiger partial charge < -0.3 is 20.9 Å². The van der Waals surface area contributed by atoms with Gasteiger partial charge in [0, 0.05) is 31.6 Å². The Bertz CT molecular complexity index is 754. The zero-order valence-electron chi connectivity index (χ0n) is 19.4. The maximum atomic E-state index is 13.1. The van der Waals surface area contributed by atoms with E-state index in [-0.39, 0.29) is 29.8 Å². The summed E-state index contributed by atoms with van der Waals surface area (Å²) in [6.07, 6.45) is 7.59. The zero-order chi connectivity index (χ0) is 22.9. The van der Waals surface area contributed by atoms with Crippen LogP contribution >= 0.6 is 0 Å². The van der Waals surface area contributed by atoms with Crippen molar-refractivity contribution in [1.82, 2.24) is 20.9 Å². The number of hydrogen-bond acceptors (Lipinski definition) is 3. The van der Waals surface area contributed by atoms with Gasteiger partial charge in [0.15, 0.2) is 0 Å². The van der Waals surface area contributed by atoms with Gasteiger partial charge in [0.1, 0.15) is 6.04 Å². The van der Waals surface area contributed by atoms with Gasteiger partial charge in [-0.2, -0.15) is 0 Å². The minimum absolute atomic E-state index is 0.00514. The van der Waals surface area contributed by atoms with Crippen LogP contribution in [0, 0.1) is 5.92 Å². The third-order valence-electron chi connectivity index (χ3n) is 6.36. The molecule has 2 aliphatic rings. The van der Waals surface area contributed by atoms with Gasteiger partial charge in [0.05, 0.1) is 0 Å². The van der Waals surface area contributed by atoms with Gasteiger partial charge in [-0.15, -0.1) is 0 Å². The molecule has 3 N–H and O–H groups in total. The normalized spacial score (nSPS) is 18.8. The van der Waals surface area contributed by atoms with Crippen LogP contribution in [-0.2, 0) is 9.59 Å². The van der Waals surface area contributed by atoms with Crippen molar-refractivity contribution in [1.29, 1.82) is 0 Å². The molecular weight excluding hydrogens is 404 g/mol. The summed E-state index contributed by atoms with van der Waals surface area (Å²) in [5.74, 6) is -0.102. The lowest BCUT2D eigenvalue weighted by Gasteiger charge is -2.34. The monoisotopic (exact) mass is 442 g/mol. The number of urea groups is 1. The molecule has 1 aliphatic heterocycles. The number of benzene rings is 1. The topological polar surface area (TPSA) is 90.5 Å². The highest BCUT2D eigenvalue weighted by atomic mass is 16.2. The van der Waals surface area contributed by atoms with E-state index in [0.717, 1.165) is 18.4 Å². The molecule has 1 saturated carbocycles. The third-order valence-corrected chi connectivity index (χ3v) is 6.36. The number of carbonyl (C=O) groups is 3. The fraction of sp³-hybridized carbons (Fsp3) is 0.640. The molecule has 176 valence electrons. The number of nitrogens with zero attached hydrogens (tertiary/aromatic N) is 1. The number of piperidine rings is 1. The molecule has 1 heterocycles. The maximum absolute atomic E-state index is 13.1. The van der Waals surface area contributed by atoms with E-state index in [1.165, 1.54) is 19.3 Å². The van der Waals surface area contributed by atoms with E-state index in [1.54, 1.807) is 0 Å². The average Bonchev–Trinajstić information content (AvgIpc) is 2.78. The summed E-state index contributed by atoms with van der Waals surface area (Å²) < 4.78 is 0. The van der Waals surface area contributed by atoms with Crippen LogP contribution in [0.1, 0.15) is 76.8 Å². The minimum Gasteiger partial charge on any atom is -0.351 e. The summed E-state index contributed by atoms with van der Waals surface area (Å²) >= 11 is 0. The van der Waals surface area contributed by atoms with Crippen LogP contribution in [-0.4, -0.2) is 47.9 Å². The number of rotatable bonds is 7. The first-order valence-electron chi connectivity index (χ1n) is 12.1. The Morgan fingerprint density at radius 1 is 0.906 bits per heavy atom. The Morgan fingerprint density at radius 3 is 2.16 bits per heavy atom. The highest BCUT2D eigenvalue weighted by molar-refractivity contribution is 5.89. The maximum Gasteiger partial charge on any atom is 0.317 e. The van der Waals surface area contributed by atoms with Crippen LogP contribution in [0.4, 0.5) is 4.79 Å². The van der Waals surface area contributed by atoms with E-state index in [0.29, 0.717) is 38.4 Å². The first-order chi connectivity index (χ1) is 15.4. The van der Waals surface area contributed by atoms with Crippen molar-refractivity contribution >= 4 is 17.8 Å². The predicted molar refractivity (Wildman–Crippen MR) is 125 cm³/mol. The Morgan fingerprint density at radius 2 is 1.53 bits per heavy atom. The lowest BCUT2D eigenvalue weighted by molar-refractivity contribution is -0.130. The van der Waals surface area contributed by atoms with E-state index in [9.17, 15) is 14.4 Å². The molecule has 1 aliphatic carbocycles. The number of hydrogen-bond donors (Lipinski definition) is 3. The van der Waals surface area contributed by atoms with Gasteiger partial charge >= 0.3 is 6.03 Å². The first kappa shape index (κ1) is 24.1. The van der Waals surface area contributed by atoms with Crippen molar-refractivity contribution in [2.24, 2.45) is 5.92 Å². The molecule has 2 fully saturated rings. The summed E-state index contributed by atoms with van der Waals surface area (Å²) in [4.78, 5) is 39.9. The second-order valence-corrected chi connectivity index (χ2v) is 9.56. The molecule has 7 nitrogen and oxygen atoms in total. The Hall–Kier alpha value is -2.57. The van der Waals surface area contributed by atoms with E-state index < -0.39 is 6.04 Å². The molecule has 1 unspecified atom stereocenters. The van der Waals surface area contributed by atoms with Crippen molar-refractivity contribution in [2.45, 2.75) is 83.3 Å². The van der Waals surface area contributed by atoms with Gasteiger partial charge in [-0.3, -0.25) is 9.59 Å². The molecule has 0 aromatic heterocycles. The number of amides is 4. The lowest BCUT2D eigenvalue weighted by Crippen LogP contribution is -2.52. The van der Waals surface area contributed by atoms with Crippen LogP contribution in [0.5, 0.6) is 0 Å². The number of nitrogens with one attached hydrogen (secondary N) is 3. The SMILES string of the molecule is CC(C)CC(=O)NC(C(=O)NC1CCN(C(=O)NC2CCCCC2)CC1)c1ccccc1. The molecule has 1 saturated heterocycles. The summed E-state index contributed by atoms with van der Waals surface area (Å²) in [5, 5.41) is 9.18. The first-order valence-corrected chi connectivity index (χ1v) is 12.1. The van der Waals surface area contributed by atoms with Crippen molar-refractivity contribution < 1.29 is 14.4 Å². The van der Waals surface area contributed by atoms with Crippen LogP contribution < -0.4 is 16.0 Å². The molecule has 0 bridgehead atoms. The molecule has 1 aromatic carbocycles. The van der Waals surface area contributed by atoms with E-state index in [4.69, 9.17) is 0 Å². The smallest absolute Gasteiger partial charge is 0.317 e. The molecular formula is C25H38N4O3. The summed E-state index contributed by atoms with van der Waals surface area (Å²) in [5.41, 5.74) is 0.770. The average molecular weight is 443 g/mol. The van der Waals surface area contributed by atoms with Gasteiger partial charge in [0.25, 0.3) is 0 Å². The summed E-state index contributed by atoms with van der Waals surface area (Å²) in [7, 11) is 0. The zero-order valence-corrected chi connectivity index (χ0v) is 19.4. The lowest BCUT2D eigenvalue weighted by atomic mass is 9.95. The van der Waals surface area contributed by atoms with Crippen molar-refractivity contribution in [3.05, 3.63) is 35.9 Å². The molecule has 3 rings (SSSR count). The van der Waals surface area contributed by atoms with Crippen LogP contribution in [0.3, 0.4) is 0 Å². The third kappa shape index (κ3) is 7.24. The van der Waals surface area contributed by atoms with Crippen molar-refractivity contribution in [3.63, 3.8) is 0 Å². The van der Waals surface area contributed by atoms with Crippen molar-refractivity contribution in [2.75, 3.05) is 13.1 Å². The van der Waals surface area contributed by atoms with E-state index in [2.05, 4.69) is 16.0 Å². The van der Waals surface area contributed by atoms with E-state index in [1.807, 2.05) is 49.1 Å². The van der Waals surface area contributed by atoms with E-state index >= 15 is 0 Å². The summed E-state index contributed by atoms with van der Waals surface area (Å²) in [6.45, 7) is 5.21. The predicted octanol–water partition coefficient (Wildman–Crippen LogP) is 3.51. The molecule has 1 atom stereocenters. The van der Waals surface area contributed by atoms with Gasteiger partial charge in [-0.1, -0.05) is 63.4 Å². The highest BCUT2D eigenvalue weighted by Crippen LogP contribution is 2.19. The van der Waals surface area contributed by atoms with Crippen LogP contribution in [0.2, 0.25) is 0 Å². The van der Waals surface area contributed by atoms with Gasteiger partial charge in [-0.05, 0) is 37.2 Å². The Kier molecular flexibility index (Phi) is 8.94. The molecule has 4 amide bonds. The summed E-state index contributed by atoms with van der Waals surface area (Å²) in [6, 6.07) is 8.95. The Labute approximate surface area is 191 Å². The number of carbonyl (C=O) groups excluding carboxylic acids is 3.